The highest BCUT2D eigenvalue weighted by Gasteiger charge is 2.20. The Labute approximate surface area is 149 Å². The van der Waals surface area contributed by atoms with Crippen molar-refractivity contribution in [3.63, 3.8) is 0 Å². The molecule has 0 bridgehead atoms. The molecule has 1 heterocycles. The van der Waals surface area contributed by atoms with Gasteiger partial charge in [-0.3, -0.25) is 14.9 Å². The monoisotopic (exact) mass is 362 g/mol. The lowest BCUT2D eigenvalue weighted by atomic mass is 10.2. The third kappa shape index (κ3) is 4.82. The van der Waals surface area contributed by atoms with Crippen LogP contribution in [0.15, 0.2) is 41.0 Å². The maximum absolute atomic E-state index is 12.0. The number of rotatable bonds is 8. The molecule has 0 spiro atoms. The minimum atomic E-state index is -0.850. The molecular formula is C17H18N2O7. The van der Waals surface area contributed by atoms with Crippen molar-refractivity contribution in [1.29, 1.82) is 0 Å². The van der Waals surface area contributed by atoms with E-state index in [1.807, 2.05) is 0 Å². The van der Waals surface area contributed by atoms with Gasteiger partial charge < -0.3 is 19.2 Å². The van der Waals surface area contributed by atoms with Gasteiger partial charge in [-0.25, -0.2) is 4.79 Å². The van der Waals surface area contributed by atoms with Crippen LogP contribution in [0.2, 0.25) is 0 Å². The number of nitrogens with zero attached hydrogens (tertiary/aromatic N) is 1. The first-order chi connectivity index (χ1) is 12.4. The van der Waals surface area contributed by atoms with Gasteiger partial charge >= 0.3 is 11.7 Å². The third-order valence-corrected chi connectivity index (χ3v) is 3.37. The number of carbonyl (C=O) groups excluding carboxylic acids is 2. The molecule has 1 aromatic carbocycles. The van der Waals surface area contributed by atoms with Crippen LogP contribution < -0.4 is 10.1 Å². The van der Waals surface area contributed by atoms with Crippen LogP contribution in [0.5, 0.6) is 5.75 Å². The summed E-state index contributed by atoms with van der Waals surface area (Å²) in [5.74, 6) is -0.759. The Morgan fingerprint density at radius 3 is 2.73 bits per heavy atom. The van der Waals surface area contributed by atoms with Gasteiger partial charge in [-0.15, -0.1) is 0 Å². The lowest BCUT2D eigenvalue weighted by Gasteiger charge is -2.11. The molecule has 0 aliphatic carbocycles. The fraction of sp³-hybridized carbons (Fsp3) is 0.294. The second-order valence-corrected chi connectivity index (χ2v) is 5.25. The Balaban J connectivity index is 1.96. The van der Waals surface area contributed by atoms with Gasteiger partial charge in [0.1, 0.15) is 5.76 Å². The summed E-state index contributed by atoms with van der Waals surface area (Å²) in [6.07, 6.45) is 1.48. The summed E-state index contributed by atoms with van der Waals surface area (Å²) in [5.41, 5.74) is -0.399. The van der Waals surface area contributed by atoms with Crippen LogP contribution in [-0.4, -0.2) is 30.0 Å². The number of amides is 1. The topological polar surface area (TPSA) is 121 Å². The molecule has 0 fully saturated rings. The van der Waals surface area contributed by atoms with Crippen LogP contribution in [0.25, 0.3) is 0 Å². The number of nitro benzene ring substituents is 1. The molecule has 0 radical (unpaired) electrons. The highest BCUT2D eigenvalue weighted by Crippen LogP contribution is 2.28. The molecule has 0 saturated heterocycles. The molecule has 138 valence electrons. The maximum atomic E-state index is 12.0. The first kappa shape index (κ1) is 19.0. The predicted octanol–water partition coefficient (Wildman–Crippen LogP) is 2.62. The summed E-state index contributed by atoms with van der Waals surface area (Å²) in [6.45, 7) is 3.13. The minimum Gasteiger partial charge on any atom is -0.487 e. The largest absolute Gasteiger partial charge is 0.487 e. The van der Waals surface area contributed by atoms with E-state index in [0.717, 1.165) is 6.07 Å². The highest BCUT2D eigenvalue weighted by atomic mass is 16.6. The number of benzene rings is 1. The molecule has 1 N–H and O–H groups in total. The van der Waals surface area contributed by atoms with Crippen molar-refractivity contribution in [2.45, 2.75) is 19.9 Å². The minimum absolute atomic E-state index is 0.0490. The fourth-order valence-corrected chi connectivity index (χ4v) is 2.17. The molecule has 1 amide bonds. The standard InChI is InChI=1S/C17H18N2O7/c1-3-24-15-7-6-12(9-13(15)19(22)23)17(21)26-10-16(20)18-11(2)14-5-4-8-25-14/h4-9,11H,3,10H2,1-2H3,(H,18,20)/t11-/m0/s1. The molecule has 9 heteroatoms. The van der Waals surface area contributed by atoms with Gasteiger partial charge in [0.15, 0.2) is 12.4 Å². The van der Waals surface area contributed by atoms with Crippen molar-refractivity contribution >= 4 is 17.6 Å². The van der Waals surface area contributed by atoms with E-state index in [2.05, 4.69) is 5.32 Å². The summed E-state index contributed by atoms with van der Waals surface area (Å²) >= 11 is 0. The number of esters is 1. The predicted molar refractivity (Wildman–Crippen MR) is 89.8 cm³/mol. The number of hydrogen-bond acceptors (Lipinski definition) is 7. The van der Waals surface area contributed by atoms with Crippen LogP contribution >= 0.6 is 0 Å². The molecule has 9 nitrogen and oxygen atoms in total. The number of hydrogen-bond donors (Lipinski definition) is 1. The van der Waals surface area contributed by atoms with Crippen LogP contribution in [-0.2, 0) is 9.53 Å². The van der Waals surface area contributed by atoms with E-state index in [9.17, 15) is 19.7 Å². The number of ether oxygens (including phenoxy) is 2. The fourth-order valence-electron chi connectivity index (χ4n) is 2.17. The maximum Gasteiger partial charge on any atom is 0.338 e. The molecule has 1 atom stereocenters. The van der Waals surface area contributed by atoms with E-state index >= 15 is 0 Å². The molecule has 2 rings (SSSR count). The molecule has 0 saturated carbocycles. The molecule has 1 aromatic heterocycles. The SMILES string of the molecule is CCOc1ccc(C(=O)OCC(=O)N[C@@H](C)c2ccco2)cc1[N+](=O)[O-]. The second-order valence-electron chi connectivity index (χ2n) is 5.25. The molecule has 0 aliphatic rings. The zero-order valence-electron chi connectivity index (χ0n) is 14.3. The van der Waals surface area contributed by atoms with E-state index in [1.165, 1.54) is 18.4 Å². The number of carbonyl (C=O) groups is 2. The van der Waals surface area contributed by atoms with Crippen molar-refractivity contribution in [2.75, 3.05) is 13.2 Å². The van der Waals surface area contributed by atoms with Crippen LogP contribution in [0.3, 0.4) is 0 Å². The summed E-state index contributed by atoms with van der Waals surface area (Å²) < 4.78 is 15.2. The van der Waals surface area contributed by atoms with Crippen LogP contribution in [0.4, 0.5) is 5.69 Å². The van der Waals surface area contributed by atoms with E-state index in [-0.39, 0.29) is 29.6 Å². The van der Waals surface area contributed by atoms with Crippen molar-refractivity contribution in [3.05, 3.63) is 58.0 Å². The van der Waals surface area contributed by atoms with E-state index in [1.54, 1.807) is 26.0 Å². The van der Waals surface area contributed by atoms with E-state index < -0.39 is 23.4 Å². The van der Waals surface area contributed by atoms with Gasteiger partial charge in [0, 0.05) is 6.07 Å². The van der Waals surface area contributed by atoms with Gasteiger partial charge in [0.25, 0.3) is 5.91 Å². The average Bonchev–Trinajstić information content (AvgIpc) is 3.15. The highest BCUT2D eigenvalue weighted by molar-refractivity contribution is 5.92. The number of nitrogens with one attached hydrogen (secondary N) is 1. The van der Waals surface area contributed by atoms with E-state index in [4.69, 9.17) is 13.9 Å². The van der Waals surface area contributed by atoms with Gasteiger partial charge in [-0.2, -0.15) is 0 Å². The van der Waals surface area contributed by atoms with Gasteiger partial charge in [0.05, 0.1) is 29.4 Å². The second kappa shape index (κ2) is 8.65. The quantitative estimate of drug-likeness (QED) is 0.435. The lowest BCUT2D eigenvalue weighted by molar-refractivity contribution is -0.385. The summed E-state index contributed by atoms with van der Waals surface area (Å²) in [6, 6.07) is 6.72. The normalized spacial score (nSPS) is 11.5. The van der Waals surface area contributed by atoms with Crippen LogP contribution in [0, 0.1) is 10.1 Å². The van der Waals surface area contributed by atoms with Gasteiger partial charge in [-0.05, 0) is 38.1 Å². The summed E-state index contributed by atoms with van der Waals surface area (Å²) in [5, 5.41) is 13.7. The van der Waals surface area contributed by atoms with Crippen molar-refractivity contribution < 1.29 is 28.4 Å². The molecule has 0 aliphatic heterocycles. The molecular weight excluding hydrogens is 344 g/mol. The Hall–Kier alpha value is -3.36. The summed E-state index contributed by atoms with van der Waals surface area (Å²) in [7, 11) is 0. The van der Waals surface area contributed by atoms with Gasteiger partial charge in [-0.1, -0.05) is 0 Å². The smallest absolute Gasteiger partial charge is 0.338 e. The van der Waals surface area contributed by atoms with Crippen molar-refractivity contribution in [2.24, 2.45) is 0 Å². The first-order valence-electron chi connectivity index (χ1n) is 7.83. The molecule has 2 aromatic rings. The third-order valence-electron chi connectivity index (χ3n) is 3.37. The average molecular weight is 362 g/mol. The number of nitro groups is 1. The van der Waals surface area contributed by atoms with E-state index in [0.29, 0.717) is 5.76 Å². The lowest BCUT2D eigenvalue weighted by Crippen LogP contribution is -2.31. The molecule has 0 unspecified atom stereocenters. The first-order valence-corrected chi connectivity index (χ1v) is 7.83. The number of furan rings is 1. The summed E-state index contributed by atoms with van der Waals surface area (Å²) in [4.78, 5) is 34.3. The van der Waals surface area contributed by atoms with Crippen LogP contribution in [0.1, 0.15) is 36.0 Å². The Morgan fingerprint density at radius 1 is 1.35 bits per heavy atom. The Kier molecular flexibility index (Phi) is 6.31. The molecule has 26 heavy (non-hydrogen) atoms. The van der Waals surface area contributed by atoms with Gasteiger partial charge in [0.2, 0.25) is 0 Å². The Morgan fingerprint density at radius 2 is 2.12 bits per heavy atom. The zero-order chi connectivity index (χ0) is 19.1. The van der Waals surface area contributed by atoms with Crippen molar-refractivity contribution in [3.8, 4) is 5.75 Å². The zero-order valence-corrected chi connectivity index (χ0v) is 14.3. The van der Waals surface area contributed by atoms with Crippen molar-refractivity contribution in [1.82, 2.24) is 5.32 Å². The Bertz CT molecular complexity index is 786.